The van der Waals surface area contributed by atoms with E-state index in [1.807, 2.05) is 58.3 Å². The van der Waals surface area contributed by atoms with Crippen LogP contribution in [0.4, 0.5) is 0 Å². The average Bonchev–Trinajstić information content (AvgIpc) is 3.56. The third-order valence-electron chi connectivity index (χ3n) is 6.39. The highest BCUT2D eigenvalue weighted by Crippen LogP contribution is 2.29. The Morgan fingerprint density at radius 3 is 2.51 bits per heavy atom. The third-order valence-corrected chi connectivity index (χ3v) is 7.37. The van der Waals surface area contributed by atoms with Gasteiger partial charge in [0.1, 0.15) is 11.7 Å². The molecular weight excluding hydrogens is 464 g/mol. The number of aryl methyl sites for hydroxylation is 1. The molecule has 0 saturated carbocycles. The molecule has 190 valence electrons. The van der Waals surface area contributed by atoms with Crippen molar-refractivity contribution in [2.75, 3.05) is 13.1 Å². The number of aliphatic hydroxyl groups excluding tert-OH is 1. The van der Waals surface area contributed by atoms with Gasteiger partial charge in [-0.2, -0.15) is 5.48 Å². The third kappa shape index (κ3) is 6.68. The lowest BCUT2D eigenvalue weighted by atomic mass is 9.92. The smallest absolute Gasteiger partial charge is 0.233 e. The summed E-state index contributed by atoms with van der Waals surface area (Å²) in [6.45, 7) is 11.1. The molecule has 4 atom stereocenters. The van der Waals surface area contributed by atoms with E-state index in [0.717, 1.165) is 17.7 Å². The maximum Gasteiger partial charge on any atom is 0.233 e. The minimum atomic E-state index is -0.395. The molecule has 4 rings (SSSR count). The number of amides is 2. The number of thiazole rings is 1. The summed E-state index contributed by atoms with van der Waals surface area (Å²) in [4.78, 5) is 35.5. The Balaban J connectivity index is 0.000000196. The molecule has 1 aromatic heterocycles. The Labute approximate surface area is 211 Å². The van der Waals surface area contributed by atoms with E-state index in [0.29, 0.717) is 25.3 Å². The zero-order valence-electron chi connectivity index (χ0n) is 21.0. The second-order valence-corrected chi connectivity index (χ2v) is 10.3. The van der Waals surface area contributed by atoms with Crippen LogP contribution in [0.25, 0.3) is 10.4 Å². The predicted molar refractivity (Wildman–Crippen MR) is 137 cm³/mol. The number of aromatic nitrogens is 1. The number of aliphatic hydroxyl groups is 1. The summed E-state index contributed by atoms with van der Waals surface area (Å²) in [7, 11) is 0. The lowest BCUT2D eigenvalue weighted by Gasteiger charge is -2.28. The topological polar surface area (TPSA) is 104 Å². The van der Waals surface area contributed by atoms with Gasteiger partial charge in [-0.05, 0) is 50.3 Å². The standard InChI is InChI=1S/C13H22N2O3.C13H14N2OS/c1-8(2)12(11-4-5-14-18-11)13(17)15-7-10(16)6-9(15)3;1-9(14-7-16)11-3-5-12(6-4-11)13-10(2)15-8-17-13/h4,8-10,12,14,16H,5-7H2,1-3H3;3-9H,1-2H3,(H,14,16). The minimum Gasteiger partial charge on any atom is -0.412 e. The van der Waals surface area contributed by atoms with Crippen LogP contribution < -0.4 is 10.8 Å². The number of carbonyl (C=O) groups is 2. The van der Waals surface area contributed by atoms with Crippen molar-refractivity contribution in [3.05, 3.63) is 52.9 Å². The van der Waals surface area contributed by atoms with Crippen LogP contribution >= 0.6 is 11.3 Å². The average molecular weight is 501 g/mol. The lowest BCUT2D eigenvalue weighted by Crippen LogP contribution is -2.41. The first-order valence-electron chi connectivity index (χ1n) is 12.0. The molecule has 2 aliphatic heterocycles. The molecule has 3 N–H and O–H groups in total. The molecule has 3 heterocycles. The maximum absolute atomic E-state index is 12.6. The van der Waals surface area contributed by atoms with Crippen molar-refractivity contribution < 1.29 is 19.5 Å². The molecule has 0 spiro atoms. The zero-order valence-corrected chi connectivity index (χ0v) is 21.8. The second kappa shape index (κ2) is 12.3. The predicted octanol–water partition coefficient (Wildman–Crippen LogP) is 3.58. The number of carbonyl (C=O) groups excluding carboxylic acids is 2. The largest absolute Gasteiger partial charge is 0.412 e. The lowest BCUT2D eigenvalue weighted by molar-refractivity contribution is -0.138. The summed E-state index contributed by atoms with van der Waals surface area (Å²) in [5, 5.41) is 12.4. The van der Waals surface area contributed by atoms with Crippen molar-refractivity contribution in [3.63, 3.8) is 0 Å². The SMILES string of the molecule is CC(C)C(C(=O)N1CC(O)CC1C)C1=CCNO1.Cc1ncsc1-c1ccc(C(C)NC=O)cc1. The van der Waals surface area contributed by atoms with Gasteiger partial charge in [-0.25, -0.2) is 4.98 Å². The summed E-state index contributed by atoms with van der Waals surface area (Å²) in [5.41, 5.74) is 7.95. The summed E-state index contributed by atoms with van der Waals surface area (Å²) in [6, 6.07) is 8.36. The van der Waals surface area contributed by atoms with Crippen molar-refractivity contribution in [3.8, 4) is 10.4 Å². The van der Waals surface area contributed by atoms with Crippen LogP contribution in [0.15, 0.2) is 41.6 Å². The van der Waals surface area contributed by atoms with E-state index in [4.69, 9.17) is 4.84 Å². The van der Waals surface area contributed by atoms with Gasteiger partial charge in [-0.3, -0.25) is 9.59 Å². The first-order chi connectivity index (χ1) is 16.7. The van der Waals surface area contributed by atoms with Crippen LogP contribution in [0.2, 0.25) is 0 Å². The Kier molecular flexibility index (Phi) is 9.42. The molecule has 0 bridgehead atoms. The maximum atomic E-state index is 12.6. The Morgan fingerprint density at radius 2 is 2.03 bits per heavy atom. The first-order valence-corrected chi connectivity index (χ1v) is 12.9. The number of likely N-dealkylation sites (tertiary alicyclic amines) is 1. The van der Waals surface area contributed by atoms with Crippen LogP contribution in [0, 0.1) is 18.8 Å². The van der Waals surface area contributed by atoms with Crippen molar-refractivity contribution in [1.82, 2.24) is 20.7 Å². The molecule has 8 nitrogen and oxygen atoms in total. The van der Waals surface area contributed by atoms with E-state index in [-0.39, 0.29) is 29.8 Å². The van der Waals surface area contributed by atoms with E-state index in [1.54, 1.807) is 16.2 Å². The van der Waals surface area contributed by atoms with Crippen LogP contribution in [-0.4, -0.2) is 52.5 Å². The van der Waals surface area contributed by atoms with Crippen LogP contribution in [0.3, 0.4) is 0 Å². The highest BCUT2D eigenvalue weighted by Gasteiger charge is 2.39. The first kappa shape index (κ1) is 26.8. The molecule has 2 aromatic rings. The number of nitrogens with zero attached hydrogens (tertiary/aromatic N) is 2. The van der Waals surface area contributed by atoms with Gasteiger partial charge in [-0.15, -0.1) is 11.3 Å². The molecule has 35 heavy (non-hydrogen) atoms. The second-order valence-electron chi connectivity index (χ2n) is 9.40. The van der Waals surface area contributed by atoms with Crippen LogP contribution in [0.1, 0.15) is 51.4 Å². The summed E-state index contributed by atoms with van der Waals surface area (Å²) >= 11 is 1.64. The highest BCUT2D eigenvalue weighted by atomic mass is 32.1. The number of hydroxylamine groups is 1. The number of rotatable bonds is 7. The quantitative estimate of drug-likeness (QED) is 0.502. The van der Waals surface area contributed by atoms with E-state index in [9.17, 15) is 14.7 Å². The Morgan fingerprint density at radius 1 is 1.31 bits per heavy atom. The van der Waals surface area contributed by atoms with E-state index in [1.165, 1.54) is 10.4 Å². The van der Waals surface area contributed by atoms with Gasteiger partial charge in [-0.1, -0.05) is 38.1 Å². The Bertz CT molecular complexity index is 1020. The minimum absolute atomic E-state index is 0.0455. The van der Waals surface area contributed by atoms with Crippen LogP contribution in [0.5, 0.6) is 0 Å². The zero-order chi connectivity index (χ0) is 25.5. The van der Waals surface area contributed by atoms with Crippen molar-refractivity contribution in [2.45, 2.75) is 59.2 Å². The van der Waals surface area contributed by atoms with Gasteiger partial charge in [0.2, 0.25) is 12.3 Å². The number of hydrogen-bond donors (Lipinski definition) is 3. The number of hydrogen-bond acceptors (Lipinski definition) is 7. The summed E-state index contributed by atoms with van der Waals surface area (Å²) in [5.74, 6) is 0.689. The van der Waals surface area contributed by atoms with Gasteiger partial charge in [0.05, 0.1) is 34.8 Å². The van der Waals surface area contributed by atoms with Crippen LogP contribution in [-0.2, 0) is 14.4 Å². The fourth-order valence-corrected chi connectivity index (χ4v) is 5.24. The number of β-amino-alcohol motifs (C(OH)–C–C–N with tert-alkyl or cyclic N) is 1. The van der Waals surface area contributed by atoms with E-state index >= 15 is 0 Å². The molecule has 4 unspecified atom stereocenters. The number of benzene rings is 1. The highest BCUT2D eigenvalue weighted by molar-refractivity contribution is 7.13. The normalized spacial score (nSPS) is 21.0. The summed E-state index contributed by atoms with van der Waals surface area (Å²) < 4.78 is 0. The molecule has 1 fully saturated rings. The fraction of sp³-hybridized carbons (Fsp3) is 0.500. The molecule has 0 radical (unpaired) electrons. The van der Waals surface area contributed by atoms with Crippen molar-refractivity contribution >= 4 is 23.7 Å². The van der Waals surface area contributed by atoms with E-state index in [2.05, 4.69) is 27.9 Å². The van der Waals surface area contributed by atoms with Gasteiger partial charge in [0.15, 0.2) is 0 Å². The molecule has 0 aliphatic carbocycles. The van der Waals surface area contributed by atoms with Crippen molar-refractivity contribution in [2.24, 2.45) is 11.8 Å². The Hall–Kier alpha value is -2.75. The van der Waals surface area contributed by atoms with Crippen molar-refractivity contribution in [1.29, 1.82) is 0 Å². The fourth-order valence-electron chi connectivity index (χ4n) is 4.42. The molecule has 1 aromatic carbocycles. The summed E-state index contributed by atoms with van der Waals surface area (Å²) in [6.07, 6.45) is 2.91. The molecule has 1 saturated heterocycles. The van der Waals surface area contributed by atoms with Gasteiger partial charge >= 0.3 is 0 Å². The van der Waals surface area contributed by atoms with Gasteiger partial charge in [0, 0.05) is 12.6 Å². The van der Waals surface area contributed by atoms with Gasteiger partial charge < -0.3 is 20.2 Å². The van der Waals surface area contributed by atoms with Gasteiger partial charge in [0.25, 0.3) is 0 Å². The monoisotopic (exact) mass is 500 g/mol. The molecule has 9 heteroatoms. The molecular formula is C26H36N4O4S. The van der Waals surface area contributed by atoms with E-state index < -0.39 is 6.10 Å². The number of nitrogens with one attached hydrogen (secondary N) is 2. The molecule has 2 amide bonds. The molecule has 2 aliphatic rings.